The van der Waals surface area contributed by atoms with E-state index in [1.807, 2.05) is 18.2 Å². The fourth-order valence-electron chi connectivity index (χ4n) is 2.00. The van der Waals surface area contributed by atoms with Gasteiger partial charge in [-0.3, -0.25) is 0 Å². The lowest BCUT2D eigenvalue weighted by Crippen LogP contribution is -2.28. The third-order valence-corrected chi connectivity index (χ3v) is 3.36. The monoisotopic (exact) mass is 229 g/mol. The van der Waals surface area contributed by atoms with Gasteiger partial charge in [0.25, 0.3) is 0 Å². The lowest BCUT2D eigenvalue weighted by atomic mass is 9.91. The van der Waals surface area contributed by atoms with Crippen LogP contribution < -0.4 is 5.32 Å². The molecule has 1 aromatic rings. The summed E-state index contributed by atoms with van der Waals surface area (Å²) in [7, 11) is 0. The van der Waals surface area contributed by atoms with E-state index in [1.54, 1.807) is 0 Å². The summed E-state index contributed by atoms with van der Waals surface area (Å²) >= 11 is 12.3. The first-order chi connectivity index (χ1) is 6.79. The Balaban J connectivity index is 2.29. The van der Waals surface area contributed by atoms with Crippen LogP contribution in [-0.2, 0) is 0 Å². The molecular formula is C11H13Cl2N. The first kappa shape index (κ1) is 10.3. The molecule has 0 aliphatic carbocycles. The molecule has 1 nitrogen and oxygen atoms in total. The molecule has 1 aliphatic rings. The molecule has 14 heavy (non-hydrogen) atoms. The van der Waals surface area contributed by atoms with E-state index in [2.05, 4.69) is 5.32 Å². The third-order valence-electron chi connectivity index (χ3n) is 2.70. The molecule has 2 rings (SSSR count). The van der Waals surface area contributed by atoms with Gasteiger partial charge in [-0.25, -0.2) is 0 Å². The fourth-order valence-corrected chi connectivity index (χ4v) is 2.70. The fraction of sp³-hybridized carbons (Fsp3) is 0.455. The molecule has 76 valence electrons. The average molecular weight is 230 g/mol. The summed E-state index contributed by atoms with van der Waals surface area (Å²) in [5, 5.41) is 4.97. The SMILES string of the molecule is Clc1cccc(Cl)c1[C@H]1CCCNC1. The van der Waals surface area contributed by atoms with Crippen LogP contribution in [0.3, 0.4) is 0 Å². The van der Waals surface area contributed by atoms with E-state index in [0.29, 0.717) is 5.92 Å². The van der Waals surface area contributed by atoms with Crippen LogP contribution in [0.1, 0.15) is 24.3 Å². The summed E-state index contributed by atoms with van der Waals surface area (Å²) in [4.78, 5) is 0. The summed E-state index contributed by atoms with van der Waals surface area (Å²) in [5.41, 5.74) is 1.11. The molecule has 1 heterocycles. The quantitative estimate of drug-likeness (QED) is 0.778. The highest BCUT2D eigenvalue weighted by Crippen LogP contribution is 2.34. The van der Waals surface area contributed by atoms with Gasteiger partial charge in [0, 0.05) is 16.6 Å². The smallest absolute Gasteiger partial charge is 0.0456 e. The Hall–Kier alpha value is -0.240. The highest BCUT2D eigenvalue weighted by Gasteiger charge is 2.19. The Labute approximate surface area is 94.4 Å². The second-order valence-corrected chi connectivity index (χ2v) is 4.49. The van der Waals surface area contributed by atoms with Crippen LogP contribution in [-0.4, -0.2) is 13.1 Å². The third kappa shape index (κ3) is 2.05. The molecule has 0 amide bonds. The van der Waals surface area contributed by atoms with Crippen molar-refractivity contribution in [1.29, 1.82) is 0 Å². The molecule has 1 aromatic carbocycles. The van der Waals surface area contributed by atoms with Gasteiger partial charge in [0.05, 0.1) is 0 Å². The molecular weight excluding hydrogens is 217 g/mol. The van der Waals surface area contributed by atoms with Gasteiger partial charge in [0.15, 0.2) is 0 Å². The molecule has 1 fully saturated rings. The topological polar surface area (TPSA) is 12.0 Å². The Morgan fingerprint density at radius 1 is 1.21 bits per heavy atom. The molecule has 0 unspecified atom stereocenters. The maximum atomic E-state index is 6.15. The van der Waals surface area contributed by atoms with Crippen molar-refractivity contribution in [2.45, 2.75) is 18.8 Å². The van der Waals surface area contributed by atoms with Crippen LogP contribution in [0.2, 0.25) is 10.0 Å². The minimum atomic E-state index is 0.477. The molecule has 3 heteroatoms. The largest absolute Gasteiger partial charge is 0.316 e. The molecule has 0 aromatic heterocycles. The van der Waals surface area contributed by atoms with Gasteiger partial charge in [-0.15, -0.1) is 0 Å². The van der Waals surface area contributed by atoms with E-state index in [4.69, 9.17) is 23.2 Å². The summed E-state index contributed by atoms with van der Waals surface area (Å²) in [5.74, 6) is 0.477. The van der Waals surface area contributed by atoms with E-state index in [9.17, 15) is 0 Å². The summed E-state index contributed by atoms with van der Waals surface area (Å²) in [6.45, 7) is 2.10. The maximum absolute atomic E-state index is 6.15. The van der Waals surface area contributed by atoms with Gasteiger partial charge in [-0.1, -0.05) is 29.3 Å². The molecule has 0 saturated carbocycles. The number of hydrogen-bond acceptors (Lipinski definition) is 1. The van der Waals surface area contributed by atoms with E-state index in [-0.39, 0.29) is 0 Å². The van der Waals surface area contributed by atoms with Crippen LogP contribution in [0.15, 0.2) is 18.2 Å². The molecule has 0 bridgehead atoms. The van der Waals surface area contributed by atoms with Gasteiger partial charge >= 0.3 is 0 Å². The predicted molar refractivity (Wildman–Crippen MR) is 61.3 cm³/mol. The Kier molecular flexibility index (Phi) is 3.32. The van der Waals surface area contributed by atoms with Gasteiger partial charge in [0.1, 0.15) is 0 Å². The minimum Gasteiger partial charge on any atom is -0.316 e. The van der Waals surface area contributed by atoms with Crippen LogP contribution in [0.5, 0.6) is 0 Å². The predicted octanol–water partition coefficient (Wildman–Crippen LogP) is 3.46. The number of piperidine rings is 1. The lowest BCUT2D eigenvalue weighted by Gasteiger charge is -2.24. The van der Waals surface area contributed by atoms with Crippen LogP contribution >= 0.6 is 23.2 Å². The van der Waals surface area contributed by atoms with Gasteiger partial charge in [-0.05, 0) is 43.0 Å². The first-order valence-corrected chi connectivity index (χ1v) is 5.69. The summed E-state index contributed by atoms with van der Waals surface area (Å²) < 4.78 is 0. The zero-order chi connectivity index (χ0) is 9.97. The minimum absolute atomic E-state index is 0.477. The van der Waals surface area contributed by atoms with Crippen LogP contribution in [0.25, 0.3) is 0 Å². The van der Waals surface area contributed by atoms with Gasteiger partial charge in [-0.2, -0.15) is 0 Å². The second-order valence-electron chi connectivity index (χ2n) is 3.68. The van der Waals surface area contributed by atoms with E-state index < -0.39 is 0 Å². The highest BCUT2D eigenvalue weighted by atomic mass is 35.5. The van der Waals surface area contributed by atoms with Crippen molar-refractivity contribution in [3.05, 3.63) is 33.8 Å². The Morgan fingerprint density at radius 3 is 2.50 bits per heavy atom. The molecule has 1 aliphatic heterocycles. The molecule has 1 N–H and O–H groups in total. The number of nitrogens with one attached hydrogen (secondary N) is 1. The molecule has 0 spiro atoms. The molecule has 1 saturated heterocycles. The van der Waals surface area contributed by atoms with Crippen molar-refractivity contribution in [2.24, 2.45) is 0 Å². The van der Waals surface area contributed by atoms with Crippen molar-refractivity contribution >= 4 is 23.2 Å². The summed E-state index contributed by atoms with van der Waals surface area (Å²) in [6.07, 6.45) is 2.38. The van der Waals surface area contributed by atoms with Crippen LogP contribution in [0.4, 0.5) is 0 Å². The number of hydrogen-bond donors (Lipinski definition) is 1. The van der Waals surface area contributed by atoms with Gasteiger partial charge < -0.3 is 5.32 Å². The lowest BCUT2D eigenvalue weighted by molar-refractivity contribution is 0.462. The number of halogens is 2. The van der Waals surface area contributed by atoms with Crippen LogP contribution in [0, 0.1) is 0 Å². The highest BCUT2D eigenvalue weighted by molar-refractivity contribution is 6.36. The first-order valence-electron chi connectivity index (χ1n) is 4.93. The van der Waals surface area contributed by atoms with Crippen molar-refractivity contribution < 1.29 is 0 Å². The van der Waals surface area contributed by atoms with Gasteiger partial charge in [0.2, 0.25) is 0 Å². The Bertz CT molecular complexity index is 299. The maximum Gasteiger partial charge on any atom is 0.0456 e. The van der Waals surface area contributed by atoms with E-state index in [0.717, 1.165) is 28.7 Å². The van der Waals surface area contributed by atoms with Crippen molar-refractivity contribution in [3.63, 3.8) is 0 Å². The van der Waals surface area contributed by atoms with E-state index in [1.165, 1.54) is 12.8 Å². The molecule has 0 radical (unpaired) electrons. The second kappa shape index (κ2) is 4.52. The van der Waals surface area contributed by atoms with Crippen molar-refractivity contribution in [2.75, 3.05) is 13.1 Å². The number of rotatable bonds is 1. The standard InChI is InChI=1S/C11H13Cl2N/c12-9-4-1-5-10(13)11(9)8-3-2-6-14-7-8/h1,4-5,8,14H,2-3,6-7H2/t8-/m0/s1. The van der Waals surface area contributed by atoms with E-state index >= 15 is 0 Å². The molecule has 1 atom stereocenters. The number of benzene rings is 1. The normalized spacial score (nSPS) is 22.3. The summed E-state index contributed by atoms with van der Waals surface area (Å²) in [6, 6.07) is 5.72. The Morgan fingerprint density at radius 2 is 1.93 bits per heavy atom. The zero-order valence-electron chi connectivity index (χ0n) is 7.89. The van der Waals surface area contributed by atoms with Crippen molar-refractivity contribution in [3.8, 4) is 0 Å². The van der Waals surface area contributed by atoms with Crippen molar-refractivity contribution in [1.82, 2.24) is 5.32 Å². The average Bonchev–Trinajstić information content (AvgIpc) is 2.19. The zero-order valence-corrected chi connectivity index (χ0v) is 9.41.